The molecule has 0 bridgehead atoms. The van der Waals surface area contributed by atoms with E-state index >= 15 is 0 Å². The quantitative estimate of drug-likeness (QED) is 0.367. The summed E-state index contributed by atoms with van der Waals surface area (Å²) in [5.41, 5.74) is 10.1. The fourth-order valence-electron chi connectivity index (χ4n) is 5.43. The zero-order valence-corrected chi connectivity index (χ0v) is 26.7. The maximum atomic E-state index is 6.83. The van der Waals surface area contributed by atoms with Gasteiger partial charge in [0.15, 0.2) is 0 Å². The van der Waals surface area contributed by atoms with Gasteiger partial charge in [-0.2, -0.15) is 0 Å². The molecule has 4 rings (SSSR count). The van der Waals surface area contributed by atoms with Crippen molar-refractivity contribution >= 4 is 14.2 Å². The van der Waals surface area contributed by atoms with Gasteiger partial charge in [-0.3, -0.25) is 9.05 Å². The lowest BCUT2D eigenvalue weighted by molar-refractivity contribution is -0.195. The standard InChI is InChI=1S/C34H47O3P/c1-21-18-26(32(8,9)10)20-28(23(21)3)30-24(4)22(2)19-29(33(11,12)13)34(30)36-38(37-34)35-27-16-14-25(15-17-27)31(5,6)7/h14-20,29H,1-13H3/t29-,34?,38?/m0/s1. The van der Waals surface area contributed by atoms with Gasteiger partial charge in [-0.15, -0.1) is 0 Å². The summed E-state index contributed by atoms with van der Waals surface area (Å²) in [6.45, 7) is 29.1. The third-order valence-electron chi connectivity index (χ3n) is 8.20. The van der Waals surface area contributed by atoms with Crippen LogP contribution < -0.4 is 4.52 Å². The SMILES string of the molecule is CC1=C[C@@H](C(C)(C)C)C2(OP(Oc3ccc(C(C)(C)C)cc3)O2)C(c2cc(C(C)(C)C)cc(C)c2C)=C1C. The molecule has 2 aliphatic rings. The van der Waals surface area contributed by atoms with Crippen LogP contribution in [0.25, 0.3) is 5.57 Å². The fraction of sp³-hybridized carbons (Fsp3) is 0.529. The molecule has 0 saturated carbocycles. The number of hydrogen-bond donors (Lipinski definition) is 0. The normalized spacial score (nSPS) is 24.4. The minimum absolute atomic E-state index is 0.0358. The summed E-state index contributed by atoms with van der Waals surface area (Å²) in [4.78, 5) is 0. The van der Waals surface area contributed by atoms with Crippen LogP contribution in [-0.2, 0) is 19.9 Å². The van der Waals surface area contributed by atoms with E-state index in [2.05, 4.69) is 120 Å². The van der Waals surface area contributed by atoms with Crippen molar-refractivity contribution in [2.75, 3.05) is 0 Å². The monoisotopic (exact) mass is 534 g/mol. The second-order valence-electron chi connectivity index (χ2n) is 14.3. The average molecular weight is 535 g/mol. The second kappa shape index (κ2) is 9.61. The summed E-state index contributed by atoms with van der Waals surface area (Å²) in [5, 5.41) is 0. The number of rotatable bonds is 3. The van der Waals surface area contributed by atoms with Crippen molar-refractivity contribution in [3.05, 3.63) is 81.4 Å². The Labute approximate surface area is 232 Å². The summed E-state index contributed by atoms with van der Waals surface area (Å²) >= 11 is 0. The van der Waals surface area contributed by atoms with Crippen LogP contribution in [0.2, 0.25) is 0 Å². The van der Waals surface area contributed by atoms with Gasteiger partial charge in [0.2, 0.25) is 5.79 Å². The molecule has 3 nitrogen and oxygen atoms in total. The highest BCUT2D eigenvalue weighted by Gasteiger charge is 2.62. The first-order chi connectivity index (χ1) is 17.3. The summed E-state index contributed by atoms with van der Waals surface area (Å²) in [6.07, 6.45) is 2.35. The van der Waals surface area contributed by atoms with Crippen LogP contribution in [0.4, 0.5) is 0 Å². The van der Waals surface area contributed by atoms with Crippen LogP contribution in [0.1, 0.15) is 104 Å². The molecule has 0 radical (unpaired) electrons. The highest BCUT2D eigenvalue weighted by atomic mass is 31.2. The Kier molecular flexibility index (Phi) is 7.35. The Morgan fingerprint density at radius 1 is 0.763 bits per heavy atom. The average Bonchev–Trinajstić information content (AvgIpc) is 2.75. The molecule has 1 spiro atoms. The largest absolute Gasteiger partial charge is 0.427 e. The van der Waals surface area contributed by atoms with Crippen LogP contribution in [0, 0.1) is 25.2 Å². The Morgan fingerprint density at radius 3 is 1.82 bits per heavy atom. The van der Waals surface area contributed by atoms with Gasteiger partial charge in [0.05, 0.1) is 0 Å². The topological polar surface area (TPSA) is 27.7 Å². The molecule has 0 aromatic heterocycles. The Hall–Kier alpha value is -1.93. The van der Waals surface area contributed by atoms with Crippen LogP contribution in [0.5, 0.6) is 5.75 Å². The highest BCUT2D eigenvalue weighted by Crippen LogP contribution is 2.69. The van der Waals surface area contributed by atoms with Gasteiger partial charge in [0, 0.05) is 11.5 Å². The predicted molar refractivity (Wildman–Crippen MR) is 162 cm³/mol. The van der Waals surface area contributed by atoms with Gasteiger partial charge in [0.1, 0.15) is 5.75 Å². The van der Waals surface area contributed by atoms with Crippen LogP contribution >= 0.6 is 8.60 Å². The molecule has 0 unspecified atom stereocenters. The molecular weight excluding hydrogens is 487 g/mol. The maximum Gasteiger partial charge on any atom is 0.403 e. The van der Waals surface area contributed by atoms with Crippen molar-refractivity contribution in [2.45, 2.75) is 107 Å². The molecule has 206 valence electrons. The minimum Gasteiger partial charge on any atom is -0.427 e. The van der Waals surface area contributed by atoms with E-state index in [-0.39, 0.29) is 22.2 Å². The molecule has 4 heteroatoms. The van der Waals surface area contributed by atoms with Crippen molar-refractivity contribution in [2.24, 2.45) is 11.3 Å². The Balaban J connectivity index is 1.77. The van der Waals surface area contributed by atoms with Gasteiger partial charge >= 0.3 is 8.60 Å². The summed E-state index contributed by atoms with van der Waals surface area (Å²) in [5.74, 6) is -0.0674. The molecule has 1 heterocycles. The molecule has 1 aliphatic carbocycles. The molecule has 0 N–H and O–H groups in total. The number of allylic oxidation sites excluding steroid dienone is 2. The molecule has 2 aromatic carbocycles. The zero-order chi connectivity index (χ0) is 28.4. The van der Waals surface area contributed by atoms with E-state index in [0.29, 0.717) is 0 Å². The number of benzene rings is 2. The Bertz CT molecular complexity index is 1270. The molecular formula is C34H47O3P. The highest BCUT2D eigenvalue weighted by molar-refractivity contribution is 7.43. The lowest BCUT2D eigenvalue weighted by atomic mass is 9.66. The Morgan fingerprint density at radius 2 is 1.32 bits per heavy atom. The smallest absolute Gasteiger partial charge is 0.403 e. The third-order valence-corrected chi connectivity index (χ3v) is 9.40. The first kappa shape index (κ1) is 29.1. The molecule has 38 heavy (non-hydrogen) atoms. The van der Waals surface area contributed by atoms with Crippen molar-refractivity contribution in [1.82, 2.24) is 0 Å². The van der Waals surface area contributed by atoms with E-state index < -0.39 is 14.4 Å². The van der Waals surface area contributed by atoms with Crippen molar-refractivity contribution in [3.8, 4) is 5.75 Å². The van der Waals surface area contributed by atoms with Gasteiger partial charge < -0.3 is 4.52 Å². The summed E-state index contributed by atoms with van der Waals surface area (Å²) in [6, 6.07) is 13.0. The van der Waals surface area contributed by atoms with E-state index in [1.807, 2.05) is 12.1 Å². The van der Waals surface area contributed by atoms with Gasteiger partial charge in [-0.25, -0.2) is 0 Å². The predicted octanol–water partition coefficient (Wildman–Crippen LogP) is 10.3. The van der Waals surface area contributed by atoms with E-state index in [1.165, 1.54) is 39.0 Å². The van der Waals surface area contributed by atoms with E-state index in [4.69, 9.17) is 13.6 Å². The summed E-state index contributed by atoms with van der Waals surface area (Å²) < 4.78 is 19.9. The molecule has 1 aliphatic heterocycles. The van der Waals surface area contributed by atoms with Crippen molar-refractivity contribution < 1.29 is 13.6 Å². The number of hydrogen-bond acceptors (Lipinski definition) is 3. The second-order valence-corrected chi connectivity index (χ2v) is 15.3. The molecule has 2 aromatic rings. The first-order valence-corrected chi connectivity index (χ1v) is 14.9. The van der Waals surface area contributed by atoms with E-state index in [0.717, 1.165) is 11.3 Å². The van der Waals surface area contributed by atoms with Gasteiger partial charge in [-0.1, -0.05) is 98.2 Å². The molecule has 1 fully saturated rings. The third kappa shape index (κ3) is 5.27. The van der Waals surface area contributed by atoms with E-state index in [9.17, 15) is 0 Å². The first-order valence-electron chi connectivity index (χ1n) is 13.8. The molecule has 0 amide bonds. The fourth-order valence-corrected chi connectivity index (χ4v) is 6.67. The van der Waals surface area contributed by atoms with Gasteiger partial charge in [0.25, 0.3) is 0 Å². The zero-order valence-electron chi connectivity index (χ0n) is 25.8. The van der Waals surface area contributed by atoms with Gasteiger partial charge in [-0.05, 0) is 89.5 Å². The van der Waals surface area contributed by atoms with Crippen molar-refractivity contribution in [3.63, 3.8) is 0 Å². The lowest BCUT2D eigenvalue weighted by Crippen LogP contribution is -2.55. The lowest BCUT2D eigenvalue weighted by Gasteiger charge is -2.55. The molecule has 1 saturated heterocycles. The minimum atomic E-state index is -1.52. The van der Waals surface area contributed by atoms with E-state index in [1.54, 1.807) is 0 Å². The number of aryl methyl sites for hydroxylation is 1. The molecule has 1 atom stereocenters. The van der Waals surface area contributed by atoms with Crippen LogP contribution in [-0.4, -0.2) is 5.79 Å². The van der Waals surface area contributed by atoms with Crippen LogP contribution in [0.3, 0.4) is 0 Å². The summed E-state index contributed by atoms with van der Waals surface area (Å²) in [7, 11) is -1.52. The van der Waals surface area contributed by atoms with Crippen LogP contribution in [0.15, 0.2) is 53.6 Å². The van der Waals surface area contributed by atoms with Crippen molar-refractivity contribution in [1.29, 1.82) is 0 Å². The maximum absolute atomic E-state index is 6.83.